The summed E-state index contributed by atoms with van der Waals surface area (Å²) in [4.78, 5) is 0. The molecule has 0 fully saturated rings. The van der Waals surface area contributed by atoms with Gasteiger partial charge < -0.3 is 5.32 Å². The molecule has 0 radical (unpaired) electrons. The van der Waals surface area contributed by atoms with E-state index in [1.54, 1.807) is 0 Å². The van der Waals surface area contributed by atoms with Crippen molar-refractivity contribution >= 4 is 15.9 Å². The van der Waals surface area contributed by atoms with Crippen LogP contribution in [0.25, 0.3) is 0 Å². The Morgan fingerprint density at radius 3 is 2.42 bits per heavy atom. The fraction of sp³-hybridized carbons (Fsp3) is 0.250. The van der Waals surface area contributed by atoms with Crippen LogP contribution < -0.4 is 5.32 Å². The van der Waals surface area contributed by atoms with E-state index in [2.05, 4.69) is 47.2 Å². The van der Waals surface area contributed by atoms with Gasteiger partial charge in [0, 0.05) is 4.47 Å². The number of halogens is 2. The van der Waals surface area contributed by atoms with Crippen molar-refractivity contribution in [2.24, 2.45) is 0 Å². The van der Waals surface area contributed by atoms with E-state index in [0.29, 0.717) is 0 Å². The number of hydrogen-bond acceptors (Lipinski definition) is 1. The Hall–Kier alpha value is -1.19. The number of hydrogen-bond donors (Lipinski definition) is 1. The normalized spacial score (nSPS) is 12.4. The molecule has 100 valence electrons. The molecule has 1 N–H and O–H groups in total. The summed E-state index contributed by atoms with van der Waals surface area (Å²) in [6.45, 7) is 5.02. The highest BCUT2D eigenvalue weighted by atomic mass is 79.9. The van der Waals surface area contributed by atoms with E-state index in [1.165, 1.54) is 23.3 Å². The van der Waals surface area contributed by atoms with E-state index in [4.69, 9.17) is 0 Å². The second-order valence-electron chi connectivity index (χ2n) is 4.54. The van der Waals surface area contributed by atoms with Crippen LogP contribution in [0, 0.1) is 12.7 Å². The van der Waals surface area contributed by atoms with E-state index >= 15 is 0 Å². The minimum absolute atomic E-state index is 0.0960. The van der Waals surface area contributed by atoms with Crippen molar-refractivity contribution in [3.05, 3.63) is 69.4 Å². The van der Waals surface area contributed by atoms with Crippen molar-refractivity contribution < 1.29 is 4.39 Å². The average Bonchev–Trinajstić information content (AvgIpc) is 2.38. The minimum atomic E-state index is -0.202. The lowest BCUT2D eigenvalue weighted by molar-refractivity contribution is 0.612. The Morgan fingerprint density at radius 2 is 1.84 bits per heavy atom. The van der Waals surface area contributed by atoms with Gasteiger partial charge in [0.15, 0.2) is 0 Å². The van der Waals surface area contributed by atoms with Gasteiger partial charge in [-0.25, -0.2) is 4.39 Å². The molecule has 1 nitrogen and oxygen atoms in total. The Bertz CT molecular complexity index is 551. The summed E-state index contributed by atoms with van der Waals surface area (Å²) >= 11 is 3.48. The summed E-state index contributed by atoms with van der Waals surface area (Å²) < 4.78 is 14.1. The van der Waals surface area contributed by atoms with Crippen LogP contribution in [0.15, 0.2) is 46.9 Å². The van der Waals surface area contributed by atoms with Crippen molar-refractivity contribution in [2.75, 3.05) is 6.54 Å². The molecule has 2 aromatic carbocycles. The van der Waals surface area contributed by atoms with Crippen LogP contribution in [0.5, 0.6) is 0 Å². The summed E-state index contributed by atoms with van der Waals surface area (Å²) in [7, 11) is 0. The zero-order valence-electron chi connectivity index (χ0n) is 11.1. The number of aryl methyl sites for hydroxylation is 1. The molecule has 0 spiro atoms. The molecule has 2 rings (SSSR count). The highest BCUT2D eigenvalue weighted by molar-refractivity contribution is 9.10. The van der Waals surface area contributed by atoms with Crippen molar-refractivity contribution in [1.29, 1.82) is 0 Å². The lowest BCUT2D eigenvalue weighted by Crippen LogP contribution is -2.22. The highest BCUT2D eigenvalue weighted by Crippen LogP contribution is 2.27. The average molecular weight is 322 g/mol. The first-order valence-corrected chi connectivity index (χ1v) is 7.16. The van der Waals surface area contributed by atoms with Crippen molar-refractivity contribution in [2.45, 2.75) is 19.9 Å². The first-order chi connectivity index (χ1) is 9.11. The van der Waals surface area contributed by atoms with Gasteiger partial charge in [0.25, 0.3) is 0 Å². The zero-order valence-corrected chi connectivity index (χ0v) is 12.7. The molecule has 1 unspecified atom stereocenters. The molecule has 19 heavy (non-hydrogen) atoms. The number of nitrogens with one attached hydrogen (secondary N) is 1. The van der Waals surface area contributed by atoms with Gasteiger partial charge in [-0.3, -0.25) is 0 Å². The molecule has 0 aliphatic heterocycles. The lowest BCUT2D eigenvalue weighted by Gasteiger charge is -2.21. The van der Waals surface area contributed by atoms with Gasteiger partial charge in [-0.2, -0.15) is 0 Å². The molecular formula is C16H17BrFN. The molecule has 0 aliphatic carbocycles. The predicted octanol–water partition coefficient (Wildman–Crippen LogP) is 4.60. The monoisotopic (exact) mass is 321 g/mol. The van der Waals surface area contributed by atoms with Gasteiger partial charge in [-0.1, -0.05) is 41.1 Å². The van der Waals surface area contributed by atoms with Crippen molar-refractivity contribution in [3.63, 3.8) is 0 Å². The van der Waals surface area contributed by atoms with Crippen LogP contribution in [-0.2, 0) is 0 Å². The topological polar surface area (TPSA) is 12.0 Å². The Labute approximate surface area is 122 Å². The molecule has 1 atom stereocenters. The third-order valence-electron chi connectivity index (χ3n) is 3.15. The molecule has 3 heteroatoms. The SMILES string of the molecule is CCNC(c1ccc(F)cc1)c1ccc(Br)cc1C. The van der Waals surface area contributed by atoms with Gasteiger partial charge in [0.1, 0.15) is 5.82 Å². The molecule has 0 amide bonds. The fourth-order valence-corrected chi connectivity index (χ4v) is 2.71. The third-order valence-corrected chi connectivity index (χ3v) is 3.65. The lowest BCUT2D eigenvalue weighted by atomic mass is 9.95. The van der Waals surface area contributed by atoms with Crippen LogP contribution in [0.2, 0.25) is 0 Å². The minimum Gasteiger partial charge on any atom is -0.307 e. The second kappa shape index (κ2) is 6.31. The Kier molecular flexibility index (Phi) is 4.72. The van der Waals surface area contributed by atoms with Crippen LogP contribution in [-0.4, -0.2) is 6.54 Å². The Morgan fingerprint density at radius 1 is 1.16 bits per heavy atom. The van der Waals surface area contributed by atoms with Gasteiger partial charge in [-0.15, -0.1) is 0 Å². The number of benzene rings is 2. The maximum absolute atomic E-state index is 13.0. The van der Waals surface area contributed by atoms with E-state index < -0.39 is 0 Å². The molecule has 0 aromatic heterocycles. The van der Waals surface area contributed by atoms with E-state index in [0.717, 1.165) is 16.6 Å². The smallest absolute Gasteiger partial charge is 0.123 e. The van der Waals surface area contributed by atoms with E-state index in [1.807, 2.05) is 18.2 Å². The second-order valence-corrected chi connectivity index (χ2v) is 5.46. The van der Waals surface area contributed by atoms with E-state index in [9.17, 15) is 4.39 Å². The van der Waals surface area contributed by atoms with Crippen molar-refractivity contribution in [1.82, 2.24) is 5.32 Å². The van der Waals surface area contributed by atoms with Crippen LogP contribution >= 0.6 is 15.9 Å². The van der Waals surface area contributed by atoms with Gasteiger partial charge in [-0.05, 0) is 54.4 Å². The van der Waals surface area contributed by atoms with Crippen molar-refractivity contribution in [3.8, 4) is 0 Å². The van der Waals surface area contributed by atoms with E-state index in [-0.39, 0.29) is 11.9 Å². The van der Waals surface area contributed by atoms with Gasteiger partial charge >= 0.3 is 0 Å². The van der Waals surface area contributed by atoms with Gasteiger partial charge in [0.2, 0.25) is 0 Å². The largest absolute Gasteiger partial charge is 0.307 e. The summed E-state index contributed by atoms with van der Waals surface area (Å²) in [5.41, 5.74) is 3.51. The quantitative estimate of drug-likeness (QED) is 0.868. The van der Waals surface area contributed by atoms with Crippen LogP contribution in [0.3, 0.4) is 0 Å². The predicted molar refractivity (Wildman–Crippen MR) is 80.8 cm³/mol. The summed E-state index contributed by atoms with van der Waals surface area (Å²) in [6, 6.07) is 13.0. The standard InChI is InChI=1S/C16H17BrFN/c1-3-19-16(12-4-7-14(18)8-5-12)15-9-6-13(17)10-11(15)2/h4-10,16,19H,3H2,1-2H3. The maximum Gasteiger partial charge on any atom is 0.123 e. The van der Waals surface area contributed by atoms with Gasteiger partial charge in [0.05, 0.1) is 6.04 Å². The number of rotatable bonds is 4. The molecule has 0 aliphatic rings. The highest BCUT2D eigenvalue weighted by Gasteiger charge is 2.15. The molecule has 0 bridgehead atoms. The summed E-state index contributed by atoms with van der Waals surface area (Å²) in [6.07, 6.45) is 0. The fourth-order valence-electron chi connectivity index (χ4n) is 2.23. The first-order valence-electron chi connectivity index (χ1n) is 6.36. The maximum atomic E-state index is 13.0. The van der Waals surface area contributed by atoms with Crippen LogP contribution in [0.4, 0.5) is 4.39 Å². The molecule has 2 aromatic rings. The summed E-state index contributed by atoms with van der Waals surface area (Å²) in [5, 5.41) is 3.46. The first kappa shape index (κ1) is 14.2. The summed E-state index contributed by atoms with van der Waals surface area (Å²) in [5.74, 6) is -0.202. The molecular weight excluding hydrogens is 305 g/mol. The third kappa shape index (κ3) is 3.43. The van der Waals surface area contributed by atoms with Crippen LogP contribution in [0.1, 0.15) is 29.7 Å². The Balaban J connectivity index is 2.41. The molecule has 0 saturated heterocycles. The molecule has 0 heterocycles. The zero-order chi connectivity index (χ0) is 13.8. The molecule has 0 saturated carbocycles.